The van der Waals surface area contributed by atoms with Crippen molar-refractivity contribution >= 4 is 10.8 Å². The number of aryl methyl sites for hydroxylation is 1. The Morgan fingerprint density at radius 3 is 2.63 bits per heavy atom. The van der Waals surface area contributed by atoms with E-state index in [9.17, 15) is 13.7 Å². The van der Waals surface area contributed by atoms with E-state index < -0.39 is 16.4 Å². The minimum absolute atomic E-state index is 0.0590. The van der Waals surface area contributed by atoms with Crippen LogP contribution in [0.1, 0.15) is 43.4 Å². The lowest BCUT2D eigenvalue weighted by atomic mass is 9.81. The van der Waals surface area contributed by atoms with Crippen LogP contribution in [0.15, 0.2) is 12.3 Å². The van der Waals surface area contributed by atoms with Crippen molar-refractivity contribution in [1.29, 1.82) is 0 Å². The van der Waals surface area contributed by atoms with Crippen molar-refractivity contribution in [2.45, 2.75) is 55.1 Å². The fourth-order valence-electron chi connectivity index (χ4n) is 3.50. The highest BCUT2D eigenvalue weighted by Crippen LogP contribution is 2.44. The molecule has 3 nitrogen and oxygen atoms in total. The molecule has 0 spiro atoms. The van der Waals surface area contributed by atoms with Crippen LogP contribution in [0.2, 0.25) is 0 Å². The molecule has 3 heterocycles. The number of hydrogen-bond acceptors (Lipinski definition) is 3. The second kappa shape index (κ2) is 4.63. The van der Waals surface area contributed by atoms with Crippen molar-refractivity contribution in [3.05, 3.63) is 29.3 Å². The lowest BCUT2D eigenvalue weighted by Crippen LogP contribution is -2.48. The van der Waals surface area contributed by atoms with E-state index in [1.807, 2.05) is 0 Å². The zero-order valence-electron chi connectivity index (χ0n) is 10.9. The van der Waals surface area contributed by atoms with E-state index in [2.05, 4.69) is 4.98 Å². The Morgan fingerprint density at radius 2 is 2.05 bits per heavy atom. The van der Waals surface area contributed by atoms with E-state index in [1.165, 1.54) is 6.07 Å². The lowest BCUT2D eigenvalue weighted by Gasteiger charge is -2.43. The first-order valence-corrected chi connectivity index (χ1v) is 8.01. The number of aromatic nitrogens is 1. The van der Waals surface area contributed by atoms with Crippen LogP contribution < -0.4 is 0 Å². The third-order valence-corrected chi connectivity index (χ3v) is 6.44. The molecule has 104 valence electrons. The number of nitrogens with zero attached hydrogens (tertiary/aromatic N) is 1. The minimum Gasteiger partial charge on any atom is -0.383 e. The van der Waals surface area contributed by atoms with Crippen molar-refractivity contribution in [3.8, 4) is 0 Å². The average Bonchev–Trinajstić information content (AvgIpc) is 2.31. The van der Waals surface area contributed by atoms with E-state index in [4.69, 9.17) is 0 Å². The molecular weight excluding hydrogens is 265 g/mol. The predicted octanol–water partition coefficient (Wildman–Crippen LogP) is 2.18. The highest BCUT2D eigenvalue weighted by molar-refractivity contribution is 7.86. The Kier molecular flexibility index (Phi) is 3.21. The van der Waals surface area contributed by atoms with Crippen LogP contribution in [0.4, 0.5) is 4.39 Å². The normalized spacial score (nSPS) is 38.2. The summed E-state index contributed by atoms with van der Waals surface area (Å²) in [4.78, 5) is 4.10. The molecule has 0 radical (unpaired) electrons. The summed E-state index contributed by atoms with van der Waals surface area (Å²) < 4.78 is 25.3. The van der Waals surface area contributed by atoms with E-state index in [-0.39, 0.29) is 16.3 Å². The first-order chi connectivity index (χ1) is 8.99. The van der Waals surface area contributed by atoms with Gasteiger partial charge in [-0.05, 0) is 44.2 Å². The molecule has 1 aromatic heterocycles. The van der Waals surface area contributed by atoms with Gasteiger partial charge in [-0.25, -0.2) is 4.39 Å². The third kappa shape index (κ3) is 2.23. The summed E-state index contributed by atoms with van der Waals surface area (Å²) in [5.41, 5.74) is 0.192. The molecule has 5 heteroatoms. The monoisotopic (exact) mass is 283 g/mol. The van der Waals surface area contributed by atoms with Gasteiger partial charge in [0.15, 0.2) is 0 Å². The molecule has 2 atom stereocenters. The van der Waals surface area contributed by atoms with Gasteiger partial charge in [0.1, 0.15) is 11.4 Å². The number of aliphatic hydroxyl groups is 1. The molecule has 0 aromatic carbocycles. The molecule has 2 saturated heterocycles. The fourth-order valence-corrected chi connectivity index (χ4v) is 5.73. The molecule has 2 bridgehead atoms. The van der Waals surface area contributed by atoms with E-state index >= 15 is 0 Å². The Bertz CT molecular complexity index is 518. The second-order valence-electron chi connectivity index (χ2n) is 5.76. The Morgan fingerprint density at radius 1 is 1.42 bits per heavy atom. The molecule has 2 fully saturated rings. The van der Waals surface area contributed by atoms with Crippen LogP contribution in [0, 0.1) is 12.7 Å². The number of hydrogen-bond donors (Lipinski definition) is 1. The SMILES string of the molecule is Cc1cc(F)cnc1C1(O)CC2CCCC(C1)S2=O. The van der Waals surface area contributed by atoms with Crippen molar-refractivity contribution in [3.63, 3.8) is 0 Å². The van der Waals surface area contributed by atoms with Crippen molar-refractivity contribution < 1.29 is 13.7 Å². The zero-order valence-corrected chi connectivity index (χ0v) is 11.8. The maximum absolute atomic E-state index is 13.1. The standard InChI is InChI=1S/C14H18FNO2S/c1-9-5-10(15)8-16-13(9)14(17)6-11-3-2-4-12(7-14)19(11)18/h5,8,11-12,17H,2-4,6-7H2,1H3. The number of halogens is 1. The van der Waals surface area contributed by atoms with Crippen molar-refractivity contribution in [1.82, 2.24) is 4.98 Å². The maximum atomic E-state index is 13.1. The van der Waals surface area contributed by atoms with Gasteiger partial charge in [-0.2, -0.15) is 0 Å². The predicted molar refractivity (Wildman–Crippen MR) is 71.6 cm³/mol. The number of fused-ring (bicyclic) bond motifs is 2. The maximum Gasteiger partial charge on any atom is 0.141 e. The van der Waals surface area contributed by atoms with Gasteiger partial charge in [-0.1, -0.05) is 6.42 Å². The molecule has 3 rings (SSSR count). The smallest absolute Gasteiger partial charge is 0.141 e. The Hall–Kier alpha value is -0.810. The summed E-state index contributed by atoms with van der Waals surface area (Å²) in [7, 11) is -0.829. The minimum atomic E-state index is -1.04. The molecule has 0 amide bonds. The van der Waals surface area contributed by atoms with Gasteiger partial charge in [-0.3, -0.25) is 9.19 Å². The van der Waals surface area contributed by atoms with E-state index in [1.54, 1.807) is 6.92 Å². The van der Waals surface area contributed by atoms with E-state index in [0.29, 0.717) is 24.1 Å². The summed E-state index contributed by atoms with van der Waals surface area (Å²) in [5, 5.41) is 11.0. The van der Waals surface area contributed by atoms with E-state index in [0.717, 1.165) is 25.5 Å². The van der Waals surface area contributed by atoms with Crippen LogP contribution in [-0.4, -0.2) is 24.8 Å². The quantitative estimate of drug-likeness (QED) is 0.859. The van der Waals surface area contributed by atoms with Gasteiger partial charge in [0.25, 0.3) is 0 Å². The van der Waals surface area contributed by atoms with Gasteiger partial charge in [0.2, 0.25) is 0 Å². The van der Waals surface area contributed by atoms with Crippen LogP contribution in [0.5, 0.6) is 0 Å². The molecule has 0 saturated carbocycles. The lowest BCUT2D eigenvalue weighted by molar-refractivity contribution is 0.00179. The summed E-state index contributed by atoms with van der Waals surface area (Å²) in [6.07, 6.45) is 5.02. The topological polar surface area (TPSA) is 50.2 Å². The highest BCUT2D eigenvalue weighted by atomic mass is 32.2. The first-order valence-electron chi connectivity index (χ1n) is 6.74. The molecule has 1 N–H and O–H groups in total. The van der Waals surface area contributed by atoms with Gasteiger partial charge < -0.3 is 5.11 Å². The number of pyridine rings is 1. The van der Waals surface area contributed by atoms with Crippen LogP contribution >= 0.6 is 0 Å². The van der Waals surface area contributed by atoms with Crippen LogP contribution in [0.3, 0.4) is 0 Å². The van der Waals surface area contributed by atoms with Crippen LogP contribution in [-0.2, 0) is 16.4 Å². The number of rotatable bonds is 1. The Balaban J connectivity index is 1.97. The summed E-state index contributed by atoms with van der Waals surface area (Å²) >= 11 is 0. The Labute approximate surface area is 114 Å². The second-order valence-corrected chi connectivity index (χ2v) is 7.75. The van der Waals surface area contributed by atoms with Gasteiger partial charge >= 0.3 is 0 Å². The summed E-state index contributed by atoms with van der Waals surface area (Å²) in [6, 6.07) is 1.40. The van der Waals surface area contributed by atoms with Crippen LogP contribution in [0.25, 0.3) is 0 Å². The van der Waals surface area contributed by atoms with Gasteiger partial charge in [-0.15, -0.1) is 0 Å². The van der Waals surface area contributed by atoms with Gasteiger partial charge in [0, 0.05) is 21.3 Å². The fraction of sp³-hybridized carbons (Fsp3) is 0.643. The summed E-state index contributed by atoms with van der Waals surface area (Å²) in [6.45, 7) is 1.77. The molecule has 0 aliphatic carbocycles. The molecular formula is C14H18FNO2S. The highest BCUT2D eigenvalue weighted by Gasteiger charge is 2.47. The molecule has 2 aliphatic heterocycles. The largest absolute Gasteiger partial charge is 0.383 e. The first kappa shape index (κ1) is 13.2. The van der Waals surface area contributed by atoms with Gasteiger partial charge in [0.05, 0.1) is 11.9 Å². The van der Waals surface area contributed by atoms with Crippen molar-refractivity contribution in [2.24, 2.45) is 0 Å². The zero-order chi connectivity index (χ0) is 13.6. The molecule has 19 heavy (non-hydrogen) atoms. The third-order valence-electron chi connectivity index (χ3n) is 4.33. The average molecular weight is 283 g/mol. The van der Waals surface area contributed by atoms with Crippen molar-refractivity contribution in [2.75, 3.05) is 0 Å². The molecule has 1 aromatic rings. The summed E-state index contributed by atoms with van der Waals surface area (Å²) in [5.74, 6) is -0.385. The molecule has 2 aliphatic rings. The molecule has 2 unspecified atom stereocenters.